The summed E-state index contributed by atoms with van der Waals surface area (Å²) in [5.74, 6) is 0.143. The van der Waals surface area contributed by atoms with Crippen LogP contribution >= 0.6 is 0 Å². The number of aliphatic carboxylic acids is 1. The normalized spacial score (nSPS) is 8.50. The Hall–Kier alpha value is -1.12. The minimum absolute atomic E-state index is 0.204. The first-order valence-corrected chi connectivity index (χ1v) is 2.89. The van der Waals surface area contributed by atoms with Crippen LogP contribution in [0.25, 0.3) is 0 Å². The van der Waals surface area contributed by atoms with Crippen LogP contribution in [0.2, 0.25) is 0 Å². The van der Waals surface area contributed by atoms with E-state index in [0.717, 1.165) is 0 Å². The van der Waals surface area contributed by atoms with Gasteiger partial charge in [0, 0.05) is 0 Å². The van der Waals surface area contributed by atoms with Gasteiger partial charge in [0.2, 0.25) is 0 Å². The Morgan fingerprint density at radius 3 is 2.50 bits per heavy atom. The van der Waals surface area contributed by atoms with E-state index in [2.05, 4.69) is 0 Å². The molecule has 0 aliphatic carbocycles. The zero-order valence-electron chi connectivity index (χ0n) is 5.46. The van der Waals surface area contributed by atoms with Crippen molar-refractivity contribution >= 4 is 11.9 Å². The Labute approximate surface area is 58.3 Å². The fourth-order valence-electron chi connectivity index (χ4n) is 0.480. The van der Waals surface area contributed by atoms with Gasteiger partial charge >= 0.3 is 5.97 Å². The van der Waals surface area contributed by atoms with Crippen molar-refractivity contribution < 1.29 is 14.7 Å². The third kappa shape index (κ3) is 3.02. The van der Waals surface area contributed by atoms with E-state index >= 15 is 0 Å². The second kappa shape index (κ2) is 4.73. The molecule has 0 aliphatic rings. The van der Waals surface area contributed by atoms with Crippen molar-refractivity contribution in [3.63, 3.8) is 0 Å². The van der Waals surface area contributed by atoms with Crippen LogP contribution in [0.15, 0.2) is 5.57 Å². The van der Waals surface area contributed by atoms with Gasteiger partial charge in [-0.1, -0.05) is 0 Å². The summed E-state index contributed by atoms with van der Waals surface area (Å²) in [5, 5.41) is 8.26. The minimum Gasteiger partial charge on any atom is -0.477 e. The highest BCUT2D eigenvalue weighted by Crippen LogP contribution is 1.98. The smallest absolute Gasteiger partial charge is 0.342 e. The molecule has 3 N–H and O–H groups in total. The molecular formula is C6H9NO3. The molecule has 0 fully saturated rings. The highest BCUT2D eigenvalue weighted by molar-refractivity contribution is 5.95. The Morgan fingerprint density at radius 1 is 1.60 bits per heavy atom. The third-order valence-electron chi connectivity index (χ3n) is 1.01. The molecule has 10 heavy (non-hydrogen) atoms. The van der Waals surface area contributed by atoms with Crippen LogP contribution in [0.1, 0.15) is 12.8 Å². The predicted molar refractivity (Wildman–Crippen MR) is 35.1 cm³/mol. The number of carboxylic acids is 1. The summed E-state index contributed by atoms with van der Waals surface area (Å²) in [7, 11) is 0. The summed E-state index contributed by atoms with van der Waals surface area (Å²) < 4.78 is 0. The van der Waals surface area contributed by atoms with Gasteiger partial charge in [-0.2, -0.15) is 0 Å². The number of carbonyl (C=O) groups is 1. The summed E-state index contributed by atoms with van der Waals surface area (Å²) >= 11 is 0. The van der Waals surface area contributed by atoms with E-state index in [1.54, 1.807) is 0 Å². The average Bonchev–Trinajstić information content (AvgIpc) is 1.89. The van der Waals surface area contributed by atoms with Gasteiger partial charge in [-0.15, -0.1) is 0 Å². The lowest BCUT2D eigenvalue weighted by molar-refractivity contribution is -0.132. The zero-order valence-corrected chi connectivity index (χ0v) is 5.46. The second-order valence-corrected chi connectivity index (χ2v) is 1.78. The maximum absolute atomic E-state index is 10.1. The summed E-state index contributed by atoms with van der Waals surface area (Å²) in [6.07, 6.45) is 0.714. The topological polar surface area (TPSA) is 80.4 Å². The number of carbonyl (C=O) groups excluding carboxylic acids is 1. The number of rotatable bonds is 4. The van der Waals surface area contributed by atoms with Crippen molar-refractivity contribution in [2.75, 3.05) is 6.54 Å². The molecule has 56 valence electrons. The molecule has 0 atom stereocenters. The summed E-state index contributed by atoms with van der Waals surface area (Å²) in [6, 6.07) is 0. The van der Waals surface area contributed by atoms with Gasteiger partial charge in [-0.25, -0.2) is 9.59 Å². The molecule has 0 rings (SSSR count). The van der Waals surface area contributed by atoms with Crippen molar-refractivity contribution in [1.82, 2.24) is 0 Å². The summed E-state index contributed by atoms with van der Waals surface area (Å²) in [5.41, 5.74) is 4.86. The number of nitrogens with two attached hydrogens (primary N) is 1. The highest BCUT2D eigenvalue weighted by Gasteiger charge is 2.06. The van der Waals surface area contributed by atoms with Crippen LogP contribution in [0, 0.1) is 0 Å². The molecule has 0 spiro atoms. The lowest BCUT2D eigenvalue weighted by Gasteiger charge is -1.92. The van der Waals surface area contributed by atoms with E-state index in [-0.39, 0.29) is 12.0 Å². The largest absolute Gasteiger partial charge is 0.477 e. The number of hydrogen-bond acceptors (Lipinski definition) is 3. The molecule has 4 nitrogen and oxygen atoms in total. The van der Waals surface area contributed by atoms with Gasteiger partial charge in [-0.3, -0.25) is 0 Å². The monoisotopic (exact) mass is 143 g/mol. The third-order valence-corrected chi connectivity index (χ3v) is 1.01. The van der Waals surface area contributed by atoms with Crippen molar-refractivity contribution in [3.8, 4) is 0 Å². The molecule has 0 aromatic rings. The average molecular weight is 143 g/mol. The standard InChI is InChI=1S/C6H9NO3/c7-3-1-2-5(4-8)6(9)10/h1-3,7H2,(H,9,10). The van der Waals surface area contributed by atoms with E-state index in [9.17, 15) is 9.59 Å². The lowest BCUT2D eigenvalue weighted by Crippen LogP contribution is -2.05. The molecule has 0 amide bonds. The van der Waals surface area contributed by atoms with E-state index in [0.29, 0.717) is 13.0 Å². The van der Waals surface area contributed by atoms with Crippen LogP contribution in [0.4, 0.5) is 0 Å². The summed E-state index contributed by atoms with van der Waals surface area (Å²) in [6.45, 7) is 0.387. The van der Waals surface area contributed by atoms with Gasteiger partial charge in [-0.05, 0) is 19.4 Å². The van der Waals surface area contributed by atoms with Gasteiger partial charge in [0.05, 0.1) is 0 Å². The fourth-order valence-corrected chi connectivity index (χ4v) is 0.480. The molecule has 0 aromatic carbocycles. The van der Waals surface area contributed by atoms with E-state index in [4.69, 9.17) is 10.8 Å². The van der Waals surface area contributed by atoms with Gasteiger partial charge in [0.1, 0.15) is 11.5 Å². The first-order chi connectivity index (χ1) is 4.72. The van der Waals surface area contributed by atoms with Crippen LogP contribution < -0.4 is 5.73 Å². The van der Waals surface area contributed by atoms with Gasteiger partial charge in [0.25, 0.3) is 0 Å². The summed E-state index contributed by atoms with van der Waals surface area (Å²) in [4.78, 5) is 20.0. The van der Waals surface area contributed by atoms with Gasteiger partial charge in [0.15, 0.2) is 0 Å². The number of carboxylic acid groups (broad SMARTS) is 1. The quantitative estimate of drug-likeness (QED) is 0.413. The Bertz CT molecular complexity index is 170. The molecule has 0 heterocycles. The van der Waals surface area contributed by atoms with E-state index in [1.165, 1.54) is 5.94 Å². The molecule has 0 unspecified atom stereocenters. The Balaban J connectivity index is 3.87. The van der Waals surface area contributed by atoms with Crippen molar-refractivity contribution in [2.45, 2.75) is 12.8 Å². The second-order valence-electron chi connectivity index (χ2n) is 1.78. The molecule has 0 bridgehead atoms. The maximum Gasteiger partial charge on any atom is 0.342 e. The molecule has 0 saturated carbocycles. The van der Waals surface area contributed by atoms with Crippen LogP contribution in [-0.4, -0.2) is 23.6 Å². The lowest BCUT2D eigenvalue weighted by atomic mass is 10.2. The van der Waals surface area contributed by atoms with Crippen LogP contribution in [0.3, 0.4) is 0 Å². The molecule has 0 radical (unpaired) electrons. The van der Waals surface area contributed by atoms with Gasteiger partial charge < -0.3 is 10.8 Å². The maximum atomic E-state index is 10.1. The molecule has 0 aliphatic heterocycles. The van der Waals surface area contributed by atoms with Crippen molar-refractivity contribution in [2.24, 2.45) is 5.73 Å². The zero-order chi connectivity index (χ0) is 7.98. The molecular weight excluding hydrogens is 134 g/mol. The Morgan fingerprint density at radius 2 is 2.20 bits per heavy atom. The van der Waals surface area contributed by atoms with Crippen molar-refractivity contribution in [3.05, 3.63) is 5.57 Å². The number of hydrogen-bond donors (Lipinski definition) is 2. The van der Waals surface area contributed by atoms with Crippen LogP contribution in [-0.2, 0) is 9.59 Å². The Kier molecular flexibility index (Phi) is 4.20. The highest BCUT2D eigenvalue weighted by atomic mass is 16.4. The molecule has 0 aromatic heterocycles. The predicted octanol–water partition coefficient (Wildman–Crippen LogP) is -0.432. The van der Waals surface area contributed by atoms with Crippen LogP contribution in [0.5, 0.6) is 0 Å². The van der Waals surface area contributed by atoms with E-state index < -0.39 is 5.97 Å². The van der Waals surface area contributed by atoms with Crippen molar-refractivity contribution in [1.29, 1.82) is 0 Å². The molecule has 0 saturated heterocycles. The first kappa shape index (κ1) is 8.88. The first-order valence-electron chi connectivity index (χ1n) is 2.89. The van der Waals surface area contributed by atoms with E-state index in [1.807, 2.05) is 0 Å². The SMILES string of the molecule is NCCCC(=C=O)C(=O)O. The molecule has 4 heteroatoms. The fraction of sp³-hybridized carbons (Fsp3) is 0.500. The minimum atomic E-state index is -1.21.